The van der Waals surface area contributed by atoms with E-state index < -0.39 is 0 Å². The molecule has 4 rings (SSSR count). The molecule has 0 radical (unpaired) electrons. The molecular formula is C23H17Cl2Zr. The van der Waals surface area contributed by atoms with Gasteiger partial charge in [-0.05, 0) is 0 Å². The predicted octanol–water partition coefficient (Wildman–Crippen LogP) is -0.166. The third-order valence-electron chi connectivity index (χ3n) is 4.49. The van der Waals surface area contributed by atoms with Crippen molar-refractivity contribution in [1.82, 2.24) is 0 Å². The third-order valence-corrected chi connectivity index (χ3v) is 5.87. The van der Waals surface area contributed by atoms with E-state index in [4.69, 9.17) is 0 Å². The Morgan fingerprint density at radius 2 is 1.04 bits per heavy atom. The molecule has 0 N–H and O–H groups in total. The van der Waals surface area contributed by atoms with Gasteiger partial charge in [0, 0.05) is 0 Å². The Bertz CT molecular complexity index is 901. The van der Waals surface area contributed by atoms with Crippen LogP contribution in [0.15, 0.2) is 100 Å². The third kappa shape index (κ3) is 4.12. The molecule has 1 aliphatic rings. The number of halogens is 2. The number of hydrogen-bond donors (Lipinski definition) is 0. The van der Waals surface area contributed by atoms with Gasteiger partial charge in [-0.15, -0.1) is 0 Å². The molecule has 3 heteroatoms. The monoisotopic (exact) mass is 453 g/mol. The zero-order valence-electron chi connectivity index (χ0n) is 14.1. The zero-order valence-corrected chi connectivity index (χ0v) is 18.0. The summed E-state index contributed by atoms with van der Waals surface area (Å²) in [7, 11) is 0. The predicted molar refractivity (Wildman–Crippen MR) is 97.0 cm³/mol. The molecule has 3 aromatic rings. The molecule has 1 atom stereocenters. The fourth-order valence-electron chi connectivity index (χ4n) is 3.33. The molecule has 26 heavy (non-hydrogen) atoms. The first kappa shape index (κ1) is 20.9. The summed E-state index contributed by atoms with van der Waals surface area (Å²) in [4.78, 5) is 0. The average molecular weight is 456 g/mol. The molecule has 0 bridgehead atoms. The number of benzene rings is 3. The van der Waals surface area contributed by atoms with E-state index in [1.807, 2.05) is 0 Å². The second-order valence-corrected chi connectivity index (χ2v) is 7.31. The number of rotatable bonds is 3. The molecule has 0 heterocycles. The molecule has 0 aromatic heterocycles. The van der Waals surface area contributed by atoms with E-state index >= 15 is 0 Å². The molecule has 0 amide bonds. The second kappa shape index (κ2) is 9.51. The summed E-state index contributed by atoms with van der Waals surface area (Å²) in [6.45, 7) is 0. The minimum absolute atomic E-state index is 0. The normalized spacial score (nSPS) is 15.8. The van der Waals surface area contributed by atoms with Gasteiger partial charge in [-0.3, -0.25) is 0 Å². The standard InChI is InChI=1S/C23H17.2ClH.Zr/c1-4-10-18(11-5-1)21-16-22(19-12-6-2-7-13-19)23(17-21)20-14-8-3-9-15-20;;;/h1-16,21H;2*1H;/q;;;+2/p-2. The van der Waals surface area contributed by atoms with Crippen molar-refractivity contribution in [1.29, 1.82) is 0 Å². The summed E-state index contributed by atoms with van der Waals surface area (Å²) in [5, 5.41) is 0. The summed E-state index contributed by atoms with van der Waals surface area (Å²) in [6.07, 6.45) is 2.44. The molecular weight excluding hydrogens is 438 g/mol. The van der Waals surface area contributed by atoms with Crippen LogP contribution in [0.2, 0.25) is 0 Å². The zero-order chi connectivity index (χ0) is 16.4. The Balaban J connectivity index is 0.00000121. The Labute approximate surface area is 182 Å². The van der Waals surface area contributed by atoms with Crippen molar-refractivity contribution in [3.8, 4) is 0 Å². The van der Waals surface area contributed by atoms with Crippen LogP contribution in [0.25, 0.3) is 11.1 Å². The summed E-state index contributed by atoms with van der Waals surface area (Å²) in [5.41, 5.74) is 6.77. The van der Waals surface area contributed by atoms with E-state index in [0.717, 1.165) is 0 Å². The van der Waals surface area contributed by atoms with Crippen LogP contribution in [0, 0.1) is 0 Å². The molecule has 1 aliphatic carbocycles. The van der Waals surface area contributed by atoms with Crippen molar-refractivity contribution in [3.63, 3.8) is 0 Å². The Kier molecular flexibility index (Phi) is 7.65. The van der Waals surface area contributed by atoms with Crippen LogP contribution < -0.4 is 24.8 Å². The minimum atomic E-state index is 0. The van der Waals surface area contributed by atoms with Crippen LogP contribution in [-0.2, 0) is 24.7 Å². The summed E-state index contributed by atoms with van der Waals surface area (Å²) in [6, 6.07) is 32.4. The topological polar surface area (TPSA) is 0 Å². The van der Waals surface area contributed by atoms with E-state index in [9.17, 15) is 0 Å². The average Bonchev–Trinajstić information content (AvgIpc) is 3.01. The van der Waals surface area contributed by atoms with Gasteiger partial charge in [0.25, 0.3) is 0 Å². The van der Waals surface area contributed by atoms with Crippen molar-refractivity contribution in [3.05, 3.63) is 117 Å². The van der Waals surface area contributed by atoms with Crippen LogP contribution in [0.1, 0.15) is 22.6 Å². The van der Waals surface area contributed by atoms with Crippen LogP contribution in [0.4, 0.5) is 0 Å². The van der Waals surface area contributed by atoms with Crippen LogP contribution >= 0.6 is 0 Å². The molecule has 1 unspecified atom stereocenters. The molecule has 3 aromatic carbocycles. The molecule has 0 spiro atoms. The first-order valence-corrected chi connectivity index (χ1v) is 9.41. The van der Waals surface area contributed by atoms with Gasteiger partial charge in [-0.2, -0.15) is 0 Å². The fraction of sp³-hybridized carbons (Fsp3) is 0.0435. The van der Waals surface area contributed by atoms with Crippen molar-refractivity contribution in [2.45, 2.75) is 5.92 Å². The van der Waals surface area contributed by atoms with E-state index in [0.29, 0.717) is 5.92 Å². The molecule has 0 nitrogen and oxygen atoms in total. The molecule has 0 saturated carbocycles. The Hall–Kier alpha value is -1.40. The van der Waals surface area contributed by atoms with Crippen molar-refractivity contribution in [2.24, 2.45) is 0 Å². The second-order valence-electron chi connectivity index (χ2n) is 5.99. The van der Waals surface area contributed by atoms with Gasteiger partial charge < -0.3 is 24.8 Å². The summed E-state index contributed by atoms with van der Waals surface area (Å²) >= 11 is 1.48. The number of hydrogen-bond acceptors (Lipinski definition) is 0. The van der Waals surface area contributed by atoms with Crippen LogP contribution in [0.3, 0.4) is 0 Å². The maximum atomic E-state index is 2.44. The molecule has 0 saturated heterocycles. The SMILES string of the molecule is [Cl-].[Cl-].[Zr+2][C]1=C(c2ccccc2)C(c2ccccc2)=CC1c1ccccc1. The quantitative estimate of drug-likeness (QED) is 0.515. The van der Waals surface area contributed by atoms with Gasteiger partial charge in [0.1, 0.15) is 0 Å². The fourth-order valence-corrected chi connectivity index (χ4v) is 4.63. The van der Waals surface area contributed by atoms with E-state index in [1.54, 1.807) is 0 Å². The van der Waals surface area contributed by atoms with E-state index in [1.165, 1.54) is 55.8 Å². The van der Waals surface area contributed by atoms with Gasteiger partial charge in [0.15, 0.2) is 0 Å². The molecule has 0 fully saturated rings. The molecule has 0 aliphatic heterocycles. The van der Waals surface area contributed by atoms with E-state index in [2.05, 4.69) is 97.1 Å². The van der Waals surface area contributed by atoms with E-state index in [-0.39, 0.29) is 24.8 Å². The summed E-state index contributed by atoms with van der Waals surface area (Å²) in [5.74, 6) is 0.384. The Morgan fingerprint density at radius 3 is 1.58 bits per heavy atom. The van der Waals surface area contributed by atoms with Gasteiger partial charge in [-0.1, -0.05) is 0 Å². The first-order valence-electron chi connectivity index (χ1n) is 8.18. The van der Waals surface area contributed by atoms with Gasteiger partial charge in [0.2, 0.25) is 0 Å². The van der Waals surface area contributed by atoms with Crippen LogP contribution in [0.5, 0.6) is 0 Å². The summed E-state index contributed by atoms with van der Waals surface area (Å²) < 4.78 is 1.51. The van der Waals surface area contributed by atoms with Crippen molar-refractivity contribution in [2.75, 3.05) is 0 Å². The van der Waals surface area contributed by atoms with Gasteiger partial charge in [0.05, 0.1) is 0 Å². The maximum absolute atomic E-state index is 2.44. The van der Waals surface area contributed by atoms with Crippen molar-refractivity contribution < 1.29 is 49.5 Å². The molecule has 127 valence electrons. The Morgan fingerprint density at radius 1 is 0.577 bits per heavy atom. The number of allylic oxidation sites excluding steroid dienone is 4. The van der Waals surface area contributed by atoms with Gasteiger partial charge in [-0.25, -0.2) is 0 Å². The first-order chi connectivity index (χ1) is 11.8. The van der Waals surface area contributed by atoms with Crippen molar-refractivity contribution >= 4 is 11.1 Å². The van der Waals surface area contributed by atoms with Gasteiger partial charge >= 0.3 is 159 Å². The van der Waals surface area contributed by atoms with Crippen LogP contribution in [-0.4, -0.2) is 0 Å².